The Bertz CT molecular complexity index is 369. The number of aliphatic carboxylic acids is 1. The van der Waals surface area contributed by atoms with Crippen molar-refractivity contribution in [2.75, 3.05) is 31.7 Å². The Morgan fingerprint density at radius 3 is 2.50 bits per heavy atom. The van der Waals surface area contributed by atoms with Crippen LogP contribution in [0.1, 0.15) is 12.8 Å². The molecule has 0 saturated carbocycles. The molecule has 1 amide bonds. The summed E-state index contributed by atoms with van der Waals surface area (Å²) in [6, 6.07) is -0.946. The van der Waals surface area contributed by atoms with E-state index in [-0.39, 0.29) is 29.3 Å². The number of amides is 1. The van der Waals surface area contributed by atoms with Gasteiger partial charge in [-0.05, 0) is 12.8 Å². The molecule has 0 aliphatic carbocycles. The minimum absolute atomic E-state index is 0.0455. The van der Waals surface area contributed by atoms with Gasteiger partial charge in [0.15, 0.2) is 0 Å². The zero-order valence-corrected chi connectivity index (χ0v) is 12.2. The molecule has 8 heteroatoms. The van der Waals surface area contributed by atoms with Gasteiger partial charge in [0.25, 0.3) is 0 Å². The molecular formula is C12H20N2O5S. The van der Waals surface area contributed by atoms with E-state index in [1.807, 2.05) is 0 Å². The summed E-state index contributed by atoms with van der Waals surface area (Å²) >= 11 is 1.21. The fourth-order valence-electron chi connectivity index (χ4n) is 1.97. The number of nitrogens with two attached hydrogens (primary N) is 1. The molecule has 1 rings (SSSR count). The van der Waals surface area contributed by atoms with Crippen LogP contribution in [0.5, 0.6) is 0 Å². The van der Waals surface area contributed by atoms with Gasteiger partial charge >= 0.3 is 11.9 Å². The first kappa shape index (κ1) is 16.8. The van der Waals surface area contributed by atoms with Crippen LogP contribution in [-0.2, 0) is 19.1 Å². The third kappa shape index (κ3) is 5.01. The van der Waals surface area contributed by atoms with Gasteiger partial charge in [-0.1, -0.05) is 0 Å². The quantitative estimate of drug-likeness (QED) is 0.639. The normalized spacial score (nSPS) is 17.6. The Labute approximate surface area is 121 Å². The largest absolute Gasteiger partial charge is 0.480 e. The summed E-state index contributed by atoms with van der Waals surface area (Å²) in [4.78, 5) is 35.5. The second-order valence-electron chi connectivity index (χ2n) is 4.64. The van der Waals surface area contributed by atoms with Crippen molar-refractivity contribution in [2.24, 2.45) is 11.7 Å². The van der Waals surface area contributed by atoms with E-state index < -0.39 is 12.0 Å². The number of nitrogens with zero attached hydrogens (tertiary/aromatic N) is 1. The number of methoxy groups -OCH3 is 1. The highest BCUT2D eigenvalue weighted by Gasteiger charge is 2.27. The van der Waals surface area contributed by atoms with Gasteiger partial charge in [0.1, 0.15) is 6.04 Å². The van der Waals surface area contributed by atoms with Crippen LogP contribution < -0.4 is 5.73 Å². The van der Waals surface area contributed by atoms with Crippen LogP contribution in [0.4, 0.5) is 0 Å². The highest BCUT2D eigenvalue weighted by molar-refractivity contribution is 8.00. The number of carboxylic acid groups (broad SMARTS) is 1. The van der Waals surface area contributed by atoms with Crippen molar-refractivity contribution in [1.29, 1.82) is 0 Å². The van der Waals surface area contributed by atoms with E-state index >= 15 is 0 Å². The van der Waals surface area contributed by atoms with Gasteiger partial charge in [-0.15, -0.1) is 11.8 Å². The Morgan fingerprint density at radius 1 is 1.40 bits per heavy atom. The lowest BCUT2D eigenvalue weighted by Crippen LogP contribution is -2.41. The summed E-state index contributed by atoms with van der Waals surface area (Å²) in [6.07, 6.45) is 1.22. The number of likely N-dealkylation sites (tertiary alicyclic amines) is 1. The first-order valence-electron chi connectivity index (χ1n) is 6.37. The Hall–Kier alpha value is -1.28. The van der Waals surface area contributed by atoms with E-state index in [1.165, 1.54) is 18.9 Å². The van der Waals surface area contributed by atoms with Gasteiger partial charge < -0.3 is 20.5 Å². The third-order valence-electron chi connectivity index (χ3n) is 3.22. The smallest absolute Gasteiger partial charge is 0.321 e. The predicted molar refractivity (Wildman–Crippen MR) is 74.3 cm³/mol. The second-order valence-corrected chi connectivity index (χ2v) is 5.67. The average molecular weight is 304 g/mol. The first-order chi connectivity index (χ1) is 9.45. The van der Waals surface area contributed by atoms with E-state index in [1.54, 1.807) is 4.90 Å². The molecule has 1 aliphatic rings. The van der Waals surface area contributed by atoms with Crippen molar-refractivity contribution in [3.63, 3.8) is 0 Å². The van der Waals surface area contributed by atoms with E-state index in [2.05, 4.69) is 4.74 Å². The standard InChI is InChI=1S/C12H20N2O5S/c1-19-12(18)8-2-4-14(5-3-8)10(15)7-20-6-9(13)11(16)17/h8-9H,2-7,13H2,1H3,(H,16,17). The van der Waals surface area contributed by atoms with Crippen LogP contribution in [0.15, 0.2) is 0 Å². The van der Waals surface area contributed by atoms with Crippen LogP contribution in [0.2, 0.25) is 0 Å². The summed E-state index contributed by atoms with van der Waals surface area (Å²) in [5.41, 5.74) is 5.35. The number of ether oxygens (including phenoxy) is 1. The first-order valence-corrected chi connectivity index (χ1v) is 7.53. The van der Waals surface area contributed by atoms with E-state index in [4.69, 9.17) is 10.8 Å². The summed E-state index contributed by atoms with van der Waals surface area (Å²) in [6.45, 7) is 1.06. The van der Waals surface area contributed by atoms with Gasteiger partial charge in [0.05, 0.1) is 18.8 Å². The number of rotatable bonds is 6. The van der Waals surface area contributed by atoms with Crippen molar-refractivity contribution in [1.82, 2.24) is 4.90 Å². The van der Waals surface area contributed by atoms with Gasteiger partial charge in [-0.25, -0.2) is 0 Å². The molecule has 1 unspecified atom stereocenters. The number of carbonyl (C=O) groups excluding carboxylic acids is 2. The number of carboxylic acids is 1. The zero-order chi connectivity index (χ0) is 15.1. The van der Waals surface area contributed by atoms with Gasteiger partial charge in [-0.3, -0.25) is 14.4 Å². The number of hydrogen-bond acceptors (Lipinski definition) is 6. The summed E-state index contributed by atoms with van der Waals surface area (Å²) in [5, 5.41) is 8.62. The molecule has 20 heavy (non-hydrogen) atoms. The third-order valence-corrected chi connectivity index (χ3v) is 4.27. The van der Waals surface area contributed by atoms with Gasteiger partial charge in [0.2, 0.25) is 5.91 Å². The monoisotopic (exact) mass is 304 g/mol. The summed E-state index contributed by atoms with van der Waals surface area (Å²) in [7, 11) is 1.36. The molecule has 1 atom stereocenters. The number of esters is 1. The molecule has 3 N–H and O–H groups in total. The number of carbonyl (C=O) groups is 3. The molecule has 0 radical (unpaired) electrons. The van der Waals surface area contributed by atoms with Crippen LogP contribution in [0, 0.1) is 5.92 Å². The highest BCUT2D eigenvalue weighted by Crippen LogP contribution is 2.19. The summed E-state index contributed by atoms with van der Waals surface area (Å²) < 4.78 is 4.68. The molecule has 1 aliphatic heterocycles. The van der Waals surface area contributed by atoms with Crippen molar-refractivity contribution in [3.05, 3.63) is 0 Å². The zero-order valence-electron chi connectivity index (χ0n) is 11.4. The molecule has 0 spiro atoms. The molecule has 114 valence electrons. The lowest BCUT2D eigenvalue weighted by atomic mass is 9.97. The molecule has 0 aromatic heterocycles. The molecular weight excluding hydrogens is 284 g/mol. The molecule has 0 bridgehead atoms. The van der Waals surface area contributed by atoms with Crippen molar-refractivity contribution < 1.29 is 24.2 Å². The van der Waals surface area contributed by atoms with Gasteiger partial charge in [0, 0.05) is 18.8 Å². The Morgan fingerprint density at radius 2 is 2.00 bits per heavy atom. The molecule has 1 heterocycles. The second kappa shape index (κ2) is 8.11. The van der Waals surface area contributed by atoms with Crippen LogP contribution in [0.3, 0.4) is 0 Å². The van der Waals surface area contributed by atoms with Crippen LogP contribution in [-0.4, -0.2) is 65.6 Å². The van der Waals surface area contributed by atoms with E-state index in [0.717, 1.165) is 0 Å². The van der Waals surface area contributed by atoms with E-state index in [0.29, 0.717) is 25.9 Å². The maximum atomic E-state index is 11.9. The average Bonchev–Trinajstić information content (AvgIpc) is 2.46. The summed E-state index contributed by atoms with van der Waals surface area (Å²) in [5.74, 6) is -1.04. The number of hydrogen-bond donors (Lipinski definition) is 2. The molecule has 0 aromatic carbocycles. The molecule has 1 fully saturated rings. The number of piperidine rings is 1. The maximum absolute atomic E-state index is 11.9. The SMILES string of the molecule is COC(=O)C1CCN(C(=O)CSCC(N)C(=O)O)CC1. The number of thioether (sulfide) groups is 1. The highest BCUT2D eigenvalue weighted by atomic mass is 32.2. The molecule has 1 saturated heterocycles. The topological polar surface area (TPSA) is 110 Å². The van der Waals surface area contributed by atoms with Crippen molar-refractivity contribution in [2.45, 2.75) is 18.9 Å². The Balaban J connectivity index is 2.26. The minimum Gasteiger partial charge on any atom is -0.480 e. The van der Waals surface area contributed by atoms with Crippen LogP contribution in [0.25, 0.3) is 0 Å². The Kier molecular flexibility index (Phi) is 6.80. The fourth-order valence-corrected chi connectivity index (χ4v) is 2.84. The maximum Gasteiger partial charge on any atom is 0.321 e. The lowest BCUT2D eigenvalue weighted by molar-refractivity contribution is -0.148. The lowest BCUT2D eigenvalue weighted by Gasteiger charge is -2.30. The van der Waals surface area contributed by atoms with E-state index in [9.17, 15) is 14.4 Å². The van der Waals surface area contributed by atoms with Crippen LogP contribution >= 0.6 is 11.8 Å². The van der Waals surface area contributed by atoms with Gasteiger partial charge in [-0.2, -0.15) is 0 Å². The fraction of sp³-hybridized carbons (Fsp3) is 0.750. The molecule has 0 aromatic rings. The predicted octanol–water partition coefficient (Wildman–Crippen LogP) is -0.457. The minimum atomic E-state index is -1.07. The van der Waals surface area contributed by atoms with Crippen molar-refractivity contribution in [3.8, 4) is 0 Å². The molecule has 7 nitrogen and oxygen atoms in total. The van der Waals surface area contributed by atoms with Crippen molar-refractivity contribution >= 4 is 29.6 Å².